The molecule has 0 saturated heterocycles. The van der Waals surface area contributed by atoms with E-state index in [1.807, 2.05) is 18.5 Å². The van der Waals surface area contributed by atoms with Gasteiger partial charge in [0, 0.05) is 12.2 Å². The monoisotopic (exact) mass is 253 g/mol. The number of methoxy groups -OCH3 is 1. The second-order valence-electron chi connectivity index (χ2n) is 4.50. The minimum atomic E-state index is -0.184. The van der Waals surface area contributed by atoms with Gasteiger partial charge < -0.3 is 4.74 Å². The number of carbonyl (C=O) groups excluding carboxylic acids is 1. The van der Waals surface area contributed by atoms with Crippen molar-refractivity contribution in [2.24, 2.45) is 0 Å². The highest BCUT2D eigenvalue weighted by Gasteiger charge is 2.10. The van der Waals surface area contributed by atoms with Gasteiger partial charge in [0.2, 0.25) is 0 Å². The molecular formula is C13H23N3O2. The Morgan fingerprint density at radius 3 is 2.67 bits per heavy atom. The highest BCUT2D eigenvalue weighted by atomic mass is 16.5. The smallest absolute Gasteiger partial charge is 0.319 e. The van der Waals surface area contributed by atoms with E-state index in [4.69, 9.17) is 4.74 Å². The van der Waals surface area contributed by atoms with Crippen LogP contribution in [0.5, 0.6) is 0 Å². The second kappa shape index (κ2) is 7.16. The number of carbonyl (C=O) groups is 1. The molecule has 0 aromatic carbocycles. The Labute approximate surface area is 109 Å². The molecule has 5 heteroatoms. The molecule has 0 aliphatic rings. The van der Waals surface area contributed by atoms with Gasteiger partial charge in [-0.3, -0.25) is 14.4 Å². The lowest BCUT2D eigenvalue weighted by molar-refractivity contribution is -0.141. The molecule has 18 heavy (non-hydrogen) atoms. The van der Waals surface area contributed by atoms with Crippen LogP contribution in [0.2, 0.25) is 0 Å². The number of ether oxygens (including phenoxy) is 1. The molecule has 0 radical (unpaired) electrons. The Kier molecular flexibility index (Phi) is 5.85. The zero-order valence-corrected chi connectivity index (χ0v) is 11.8. The number of aryl methyl sites for hydroxylation is 2. The molecule has 1 heterocycles. The SMILES string of the molecule is CCCN(CCn1nc(C)cc1C)CC(=O)OC. The number of esters is 1. The largest absolute Gasteiger partial charge is 0.468 e. The van der Waals surface area contributed by atoms with Crippen LogP contribution in [0.1, 0.15) is 24.7 Å². The van der Waals surface area contributed by atoms with E-state index in [1.165, 1.54) is 7.11 Å². The number of aromatic nitrogens is 2. The van der Waals surface area contributed by atoms with Crippen LogP contribution in [0, 0.1) is 13.8 Å². The Morgan fingerprint density at radius 2 is 2.17 bits per heavy atom. The summed E-state index contributed by atoms with van der Waals surface area (Å²) in [6.45, 7) is 9.00. The van der Waals surface area contributed by atoms with Gasteiger partial charge in [0.1, 0.15) is 0 Å². The molecule has 102 valence electrons. The molecule has 1 aromatic heterocycles. The maximum atomic E-state index is 11.3. The van der Waals surface area contributed by atoms with Crippen molar-refractivity contribution in [2.45, 2.75) is 33.7 Å². The standard InChI is InChI=1S/C13H23N3O2/c1-5-6-15(10-13(17)18-4)7-8-16-12(3)9-11(2)14-16/h9H,5-8,10H2,1-4H3. The molecule has 0 atom stereocenters. The molecule has 1 aromatic rings. The number of hydrogen-bond acceptors (Lipinski definition) is 4. The van der Waals surface area contributed by atoms with E-state index >= 15 is 0 Å². The van der Waals surface area contributed by atoms with Crippen LogP contribution in [0.15, 0.2) is 6.07 Å². The first-order valence-electron chi connectivity index (χ1n) is 6.37. The van der Waals surface area contributed by atoms with Crippen LogP contribution < -0.4 is 0 Å². The maximum absolute atomic E-state index is 11.3. The molecule has 0 aliphatic carbocycles. The van der Waals surface area contributed by atoms with Crippen molar-refractivity contribution < 1.29 is 9.53 Å². The highest BCUT2D eigenvalue weighted by Crippen LogP contribution is 2.02. The molecule has 0 aliphatic heterocycles. The summed E-state index contributed by atoms with van der Waals surface area (Å²) in [5.74, 6) is -0.184. The topological polar surface area (TPSA) is 47.4 Å². The summed E-state index contributed by atoms with van der Waals surface area (Å²) in [5.41, 5.74) is 2.18. The summed E-state index contributed by atoms with van der Waals surface area (Å²) in [7, 11) is 1.42. The first-order valence-corrected chi connectivity index (χ1v) is 6.37. The number of rotatable bonds is 7. The highest BCUT2D eigenvalue weighted by molar-refractivity contribution is 5.71. The fraction of sp³-hybridized carbons (Fsp3) is 0.692. The van der Waals surface area contributed by atoms with E-state index in [0.717, 1.165) is 37.4 Å². The van der Waals surface area contributed by atoms with Crippen LogP contribution in [-0.2, 0) is 16.1 Å². The zero-order valence-electron chi connectivity index (χ0n) is 11.8. The quantitative estimate of drug-likeness (QED) is 0.689. The van der Waals surface area contributed by atoms with Gasteiger partial charge in [-0.05, 0) is 32.9 Å². The first-order chi connectivity index (χ1) is 8.56. The van der Waals surface area contributed by atoms with Crippen LogP contribution in [0.4, 0.5) is 0 Å². The van der Waals surface area contributed by atoms with E-state index in [9.17, 15) is 4.79 Å². The Morgan fingerprint density at radius 1 is 1.44 bits per heavy atom. The minimum absolute atomic E-state index is 0.184. The van der Waals surface area contributed by atoms with Gasteiger partial charge in [-0.2, -0.15) is 5.10 Å². The van der Waals surface area contributed by atoms with Crippen molar-refractivity contribution in [3.63, 3.8) is 0 Å². The van der Waals surface area contributed by atoms with E-state index in [-0.39, 0.29) is 5.97 Å². The third-order valence-electron chi connectivity index (χ3n) is 2.85. The molecule has 0 N–H and O–H groups in total. The van der Waals surface area contributed by atoms with Gasteiger partial charge in [0.15, 0.2) is 0 Å². The summed E-state index contributed by atoms with van der Waals surface area (Å²) < 4.78 is 6.69. The molecule has 5 nitrogen and oxygen atoms in total. The Hall–Kier alpha value is -1.36. The summed E-state index contributed by atoms with van der Waals surface area (Å²) in [4.78, 5) is 13.4. The van der Waals surface area contributed by atoms with Gasteiger partial charge in [-0.25, -0.2) is 0 Å². The van der Waals surface area contributed by atoms with Gasteiger partial charge >= 0.3 is 5.97 Å². The van der Waals surface area contributed by atoms with Crippen molar-refractivity contribution in [1.29, 1.82) is 0 Å². The molecule has 0 bridgehead atoms. The van der Waals surface area contributed by atoms with Crippen molar-refractivity contribution in [3.8, 4) is 0 Å². The summed E-state index contributed by atoms with van der Waals surface area (Å²) in [5, 5.41) is 4.42. The summed E-state index contributed by atoms with van der Waals surface area (Å²) in [6.07, 6.45) is 1.02. The van der Waals surface area contributed by atoms with Gasteiger partial charge in [-0.15, -0.1) is 0 Å². The molecule has 0 unspecified atom stereocenters. The van der Waals surface area contributed by atoms with Crippen molar-refractivity contribution in [1.82, 2.24) is 14.7 Å². The van der Waals surface area contributed by atoms with Gasteiger partial charge in [-0.1, -0.05) is 6.92 Å². The van der Waals surface area contributed by atoms with Crippen LogP contribution >= 0.6 is 0 Å². The lowest BCUT2D eigenvalue weighted by Gasteiger charge is -2.20. The van der Waals surface area contributed by atoms with E-state index in [0.29, 0.717) is 6.54 Å². The average molecular weight is 253 g/mol. The maximum Gasteiger partial charge on any atom is 0.319 e. The third kappa shape index (κ3) is 4.49. The van der Waals surface area contributed by atoms with E-state index < -0.39 is 0 Å². The lowest BCUT2D eigenvalue weighted by atomic mass is 10.3. The Balaban J connectivity index is 2.51. The summed E-state index contributed by atoms with van der Waals surface area (Å²) >= 11 is 0. The van der Waals surface area contributed by atoms with E-state index in [2.05, 4.69) is 23.0 Å². The third-order valence-corrected chi connectivity index (χ3v) is 2.85. The average Bonchev–Trinajstić information content (AvgIpc) is 2.65. The van der Waals surface area contributed by atoms with E-state index in [1.54, 1.807) is 0 Å². The summed E-state index contributed by atoms with van der Waals surface area (Å²) in [6, 6.07) is 2.06. The van der Waals surface area contributed by atoms with Gasteiger partial charge in [0.05, 0.1) is 25.9 Å². The van der Waals surface area contributed by atoms with Crippen LogP contribution in [-0.4, -0.2) is 47.4 Å². The minimum Gasteiger partial charge on any atom is -0.468 e. The zero-order chi connectivity index (χ0) is 13.5. The normalized spacial score (nSPS) is 10.9. The van der Waals surface area contributed by atoms with Crippen molar-refractivity contribution in [2.75, 3.05) is 26.7 Å². The molecule has 1 rings (SSSR count). The fourth-order valence-electron chi connectivity index (χ4n) is 1.97. The first kappa shape index (κ1) is 14.7. The molecule has 0 saturated carbocycles. The number of hydrogen-bond donors (Lipinski definition) is 0. The van der Waals surface area contributed by atoms with Crippen molar-refractivity contribution in [3.05, 3.63) is 17.5 Å². The predicted molar refractivity (Wildman–Crippen MR) is 70.4 cm³/mol. The number of nitrogens with zero attached hydrogens (tertiary/aromatic N) is 3. The van der Waals surface area contributed by atoms with Crippen LogP contribution in [0.3, 0.4) is 0 Å². The Bertz CT molecular complexity index is 388. The molecular weight excluding hydrogens is 230 g/mol. The predicted octanol–water partition coefficient (Wildman–Crippen LogP) is 1.38. The van der Waals surface area contributed by atoms with Crippen molar-refractivity contribution >= 4 is 5.97 Å². The lowest BCUT2D eigenvalue weighted by Crippen LogP contribution is -2.34. The van der Waals surface area contributed by atoms with Crippen LogP contribution in [0.25, 0.3) is 0 Å². The van der Waals surface area contributed by atoms with Gasteiger partial charge in [0.25, 0.3) is 0 Å². The molecule has 0 spiro atoms. The second-order valence-corrected chi connectivity index (χ2v) is 4.50. The molecule has 0 fully saturated rings. The molecule has 0 amide bonds. The fourth-order valence-corrected chi connectivity index (χ4v) is 1.97.